The summed E-state index contributed by atoms with van der Waals surface area (Å²) in [7, 11) is -17.8. The van der Waals surface area contributed by atoms with Crippen LogP contribution in [0.3, 0.4) is 0 Å². The van der Waals surface area contributed by atoms with Gasteiger partial charge in [0.2, 0.25) is 0 Å². The van der Waals surface area contributed by atoms with Gasteiger partial charge in [-0.2, -0.15) is 0 Å². The largest absolute Gasteiger partial charge is 0.470 e. The summed E-state index contributed by atoms with van der Waals surface area (Å²) < 4.78 is 55.5. The predicted molar refractivity (Wildman–Crippen MR) is 623 cm³/mol. The fourth-order valence-electron chi connectivity index (χ4n) is 14.8. The van der Waals surface area contributed by atoms with Gasteiger partial charge in [-0.25, -0.2) is 71.4 Å². The van der Waals surface area contributed by atoms with Crippen LogP contribution in [0.2, 0.25) is 0 Å². The van der Waals surface area contributed by atoms with Gasteiger partial charge in [-0.3, -0.25) is 13.7 Å². The first-order valence-electron chi connectivity index (χ1n) is 51.8. The lowest BCUT2D eigenvalue weighted by Gasteiger charge is -2.35. The maximum absolute atomic E-state index is 6.48. The van der Waals surface area contributed by atoms with Crippen LogP contribution in [-0.2, 0) is 85.2 Å². The molecule has 15 rings (SSSR count). The number of rotatable bonds is 42. The van der Waals surface area contributed by atoms with E-state index in [0.29, 0.717) is 0 Å². The molecule has 15 aromatic carbocycles. The Morgan fingerprint density at radius 2 is 0.273 bits per heavy atom. The van der Waals surface area contributed by atoms with Gasteiger partial charge in [0.05, 0.1) is 51.9 Å². The monoisotopic (exact) mass is 2120 g/mol. The van der Waals surface area contributed by atoms with E-state index in [1.165, 1.54) is 31.1 Å². The fraction of sp³-hybridized carbons (Fsp3) is 0.286. The van der Waals surface area contributed by atoms with Crippen molar-refractivity contribution < 1.29 is 85.2 Å². The molecule has 0 radical (unpaired) electrons. The van der Waals surface area contributed by atoms with Gasteiger partial charge in [0.25, 0.3) is 0 Å². The highest BCUT2D eigenvalue weighted by molar-refractivity contribution is 7.08. The molecule has 0 aliphatic rings. The third kappa shape index (κ3) is 35.2. The van der Waals surface area contributed by atoms with Crippen molar-refractivity contribution >= 4 is 128 Å². The lowest BCUT2D eigenvalue weighted by atomic mass is 10.1. The molecule has 0 saturated heterocycles. The van der Waals surface area contributed by atoms with Crippen molar-refractivity contribution in [3.63, 3.8) is 0 Å². The molecule has 0 N–H and O–H groups in total. The molecule has 0 heterocycles. The van der Waals surface area contributed by atoms with Crippen LogP contribution in [0.25, 0.3) is 0 Å². The highest BCUT2D eigenvalue weighted by Gasteiger charge is 2.53. The number of hydrogen-bond acceptors (Lipinski definition) is 18. The first-order valence-corrected chi connectivity index (χ1v) is 63.0. The molecule has 792 valence electrons. The third-order valence-corrected chi connectivity index (χ3v) is 43.4. The van der Waals surface area contributed by atoms with Crippen molar-refractivity contribution in [3.05, 3.63) is 455 Å². The molecule has 0 aliphatic carbocycles. The van der Waals surface area contributed by atoms with Crippen LogP contribution in [0.15, 0.2) is 455 Å². The molecule has 0 atom stereocenters. The molecule has 0 bridgehead atoms. The van der Waals surface area contributed by atoms with Crippen molar-refractivity contribution in [2.75, 3.05) is 0 Å². The zero-order valence-corrected chi connectivity index (χ0v) is 98.0. The third-order valence-electron chi connectivity index (χ3n) is 23.6. The van der Waals surface area contributed by atoms with Crippen molar-refractivity contribution in [1.82, 2.24) is 0 Å². The van der Waals surface area contributed by atoms with Crippen LogP contribution in [0.4, 0.5) is 0 Å². The molecule has 0 amide bonds. The second kappa shape index (κ2) is 58.1. The van der Waals surface area contributed by atoms with E-state index >= 15 is 0 Å². The van der Waals surface area contributed by atoms with Crippen LogP contribution in [0, 0.1) is 0 Å². The Kier molecular flexibility index (Phi) is 46.8. The standard InChI is InChI=1S/C23H26O2Si.C22H32O4Si.C22H24O2Si.C21H22O2Si.C20H28O4Si.C18H24O4Si/c1-4-23(2,3)24-25-26(20-14-8-5-9-15-20,21-16-10-6-11-17-21)22-18-12-7-13-19-22;1-7-21(3,4)23-25-27(19-15-11-9-12-16-19,20-17-13-10-14-18-20)26-24-22(5,6)8-2;1-22(2,3)23-24-25(19-13-7-4-8-14-19,20-15-9-5-10-16-20)21-17-11-6-12-18-21;1-18(2)22-23-24(19-12-6-3-7-13-19,20-14-8-4-9-15-20)21-16-10-5-11-17-21;1-19(2,3)21-23-25(24-22-20(4,5)6,17-13-9-7-10-14-17)18-15-11-8-12-16-18;1-15(2)19-21-23(22-20-16(3)4,17-11-7-5-8-12-17)18-13-9-6-10-14-18/h5-19H,4H2,1-3H3;9-18H,7-8H2,1-6H3;4-18H,1-3H3;3-18H,1-2H3;7-16H,1-6H3;5-16H,1-4H3. The molecule has 0 unspecified atom stereocenters. The summed E-state index contributed by atoms with van der Waals surface area (Å²) >= 11 is 0. The molecule has 0 aliphatic heterocycles. The van der Waals surface area contributed by atoms with E-state index in [-0.39, 0.29) is 23.9 Å². The zero-order chi connectivity index (χ0) is 108. The molecule has 0 fully saturated rings. The van der Waals surface area contributed by atoms with Crippen molar-refractivity contribution in [3.8, 4) is 0 Å². The minimum Gasteiger partial charge on any atom is -0.269 e. The van der Waals surface area contributed by atoms with E-state index < -0.39 is 78.6 Å². The lowest BCUT2D eigenvalue weighted by Crippen LogP contribution is -2.69. The van der Waals surface area contributed by atoms with Gasteiger partial charge >= 0.3 is 50.6 Å². The smallest absolute Gasteiger partial charge is 0.269 e. The summed E-state index contributed by atoms with van der Waals surface area (Å²) in [4.78, 5) is 52.0. The summed E-state index contributed by atoms with van der Waals surface area (Å²) in [5.74, 6) is 0. The van der Waals surface area contributed by atoms with E-state index in [1.54, 1.807) is 0 Å². The van der Waals surface area contributed by atoms with Gasteiger partial charge in [-0.15, -0.1) is 0 Å². The maximum Gasteiger partial charge on any atom is 0.470 e. The van der Waals surface area contributed by atoms with Crippen LogP contribution in [0.1, 0.15) is 185 Å². The summed E-state index contributed by atoms with van der Waals surface area (Å²) in [5.41, 5.74) is -2.58. The van der Waals surface area contributed by atoms with Gasteiger partial charge in [0.1, 0.15) is 0 Å². The van der Waals surface area contributed by atoms with Crippen molar-refractivity contribution in [2.24, 2.45) is 0 Å². The summed E-state index contributed by atoms with van der Waals surface area (Å²) in [6.07, 6.45) is 2.31. The fourth-order valence-corrected chi connectivity index (χ4v) is 33.8. The van der Waals surface area contributed by atoms with Crippen molar-refractivity contribution in [1.29, 1.82) is 0 Å². The average Bonchev–Trinajstić information content (AvgIpc) is 0.737. The molecule has 150 heavy (non-hydrogen) atoms. The highest BCUT2D eigenvalue weighted by atomic mass is 28.4. The quantitative estimate of drug-likeness (QED) is 0.0153. The van der Waals surface area contributed by atoms with E-state index in [2.05, 4.69) is 253 Å². The lowest BCUT2D eigenvalue weighted by molar-refractivity contribution is -0.348. The van der Waals surface area contributed by atoms with Gasteiger partial charge in [-0.1, -0.05) is 476 Å². The summed E-state index contributed by atoms with van der Waals surface area (Å²) in [5, 5.41) is 16.0. The SMILES string of the molecule is CC(C)(C)OO[Si](OOC(C)(C)C)(c1ccccc1)c1ccccc1.CC(C)(C)OO[Si](c1ccccc1)(c1ccccc1)c1ccccc1.CC(C)OO[Si](OOC(C)C)(c1ccccc1)c1ccccc1.CC(C)OO[Si](c1ccccc1)(c1ccccc1)c1ccccc1.CCC(C)(C)OO[Si](OOC(C)(C)CC)(c1ccccc1)c1ccccc1.CCC(C)(C)OO[Si](c1ccccc1)(c1ccccc1)c1ccccc1. The maximum atomic E-state index is 6.48. The van der Waals surface area contributed by atoms with E-state index in [4.69, 9.17) is 85.2 Å². The Hall–Kier alpha value is -11.1. The number of hydrogen-bond donors (Lipinski definition) is 0. The highest BCUT2D eigenvalue weighted by Crippen LogP contribution is 2.28. The van der Waals surface area contributed by atoms with Gasteiger partial charge in [0, 0.05) is 31.1 Å². The van der Waals surface area contributed by atoms with Gasteiger partial charge in [0.15, 0.2) is 0 Å². The minimum absolute atomic E-state index is 0.00647. The Labute approximate surface area is 899 Å². The average molecular weight is 2130 g/mol. The van der Waals surface area contributed by atoms with Crippen LogP contribution < -0.4 is 77.8 Å². The number of benzene rings is 15. The van der Waals surface area contributed by atoms with E-state index in [1.807, 2.05) is 368 Å². The molecule has 0 spiro atoms. The molecule has 0 saturated carbocycles. The Morgan fingerprint density at radius 3 is 0.427 bits per heavy atom. The molecule has 15 aromatic rings. The Balaban J connectivity index is 0.000000184. The van der Waals surface area contributed by atoms with E-state index in [9.17, 15) is 0 Å². The second-order valence-corrected chi connectivity index (χ2v) is 59.7. The predicted octanol–water partition coefficient (Wildman–Crippen LogP) is 21.4. The summed E-state index contributed by atoms with van der Waals surface area (Å²) in [6.45, 7) is 47.6. The summed E-state index contributed by atoms with van der Waals surface area (Å²) in [6, 6.07) is 153. The Bertz CT molecular complexity index is 5740. The molecular formula is C126H156O18Si6. The minimum atomic E-state index is -3.24. The normalized spacial score (nSPS) is 12.3. The first-order chi connectivity index (χ1) is 71.8. The molecule has 0 aromatic heterocycles. The van der Waals surface area contributed by atoms with Gasteiger partial charge < -0.3 is 0 Å². The molecule has 24 heteroatoms. The Morgan fingerprint density at radius 1 is 0.153 bits per heavy atom. The topological polar surface area (TPSA) is 166 Å². The van der Waals surface area contributed by atoms with Crippen LogP contribution in [-0.4, -0.2) is 103 Å². The molecule has 18 nitrogen and oxygen atoms in total. The first kappa shape index (κ1) is 121. The molecular weight excluding hydrogens is 1970 g/mol. The van der Waals surface area contributed by atoms with Crippen molar-refractivity contribution in [2.45, 2.75) is 237 Å². The van der Waals surface area contributed by atoms with Gasteiger partial charge in [-0.05, 0) is 211 Å². The zero-order valence-electron chi connectivity index (χ0n) is 92.0. The van der Waals surface area contributed by atoms with Crippen LogP contribution in [0.5, 0.6) is 0 Å². The van der Waals surface area contributed by atoms with Crippen LogP contribution >= 0.6 is 0 Å². The second-order valence-electron chi connectivity index (χ2n) is 41.7. The van der Waals surface area contributed by atoms with E-state index in [0.717, 1.165) is 65.9 Å².